The van der Waals surface area contributed by atoms with Crippen LogP contribution >= 0.6 is 11.6 Å². The molecule has 20 heavy (non-hydrogen) atoms. The molecular weight excluding hydrogens is 278 g/mol. The highest BCUT2D eigenvalue weighted by atomic mass is 35.5. The Morgan fingerprint density at radius 1 is 1.60 bits per heavy atom. The Balaban J connectivity index is 2.21. The minimum Gasteiger partial charge on any atom is -0.396 e. The average Bonchev–Trinajstić information content (AvgIpc) is 2.41. The molecule has 0 bridgehead atoms. The van der Waals surface area contributed by atoms with E-state index in [1.54, 1.807) is 13.1 Å². The van der Waals surface area contributed by atoms with Gasteiger partial charge in [0.05, 0.1) is 10.6 Å². The predicted octanol–water partition coefficient (Wildman–Crippen LogP) is 2.15. The van der Waals surface area contributed by atoms with Crippen molar-refractivity contribution < 1.29 is 9.90 Å². The molecule has 1 heterocycles. The van der Waals surface area contributed by atoms with Gasteiger partial charge in [-0.2, -0.15) is 0 Å². The molecular formula is C14H20ClN3O2. The molecule has 0 unspecified atom stereocenters. The Morgan fingerprint density at radius 2 is 2.35 bits per heavy atom. The Morgan fingerprint density at radius 3 is 2.90 bits per heavy atom. The number of hydrogen-bond donors (Lipinski definition) is 2. The topological polar surface area (TPSA) is 65.5 Å². The van der Waals surface area contributed by atoms with Crippen molar-refractivity contribution in [2.24, 2.45) is 0 Å². The lowest BCUT2D eigenvalue weighted by atomic mass is 9.91. The van der Waals surface area contributed by atoms with Crippen LogP contribution in [0.5, 0.6) is 0 Å². The number of amides is 1. The van der Waals surface area contributed by atoms with Gasteiger partial charge in [-0.15, -0.1) is 0 Å². The maximum atomic E-state index is 12.7. The summed E-state index contributed by atoms with van der Waals surface area (Å²) in [6.07, 6.45) is 5.28. The summed E-state index contributed by atoms with van der Waals surface area (Å²) in [4.78, 5) is 18.6. The molecule has 0 aliphatic heterocycles. The first-order chi connectivity index (χ1) is 9.67. The summed E-state index contributed by atoms with van der Waals surface area (Å²) in [7, 11) is 1.75. The minimum atomic E-state index is -0.0768. The Bertz CT molecular complexity index is 477. The van der Waals surface area contributed by atoms with Crippen molar-refractivity contribution in [2.45, 2.75) is 31.7 Å². The highest BCUT2D eigenvalue weighted by molar-refractivity contribution is 6.33. The van der Waals surface area contributed by atoms with Gasteiger partial charge in [0.15, 0.2) is 0 Å². The summed E-state index contributed by atoms with van der Waals surface area (Å²) in [5, 5.41) is 12.3. The van der Waals surface area contributed by atoms with E-state index in [1.807, 2.05) is 4.90 Å². The largest absolute Gasteiger partial charge is 0.396 e. The molecule has 0 aromatic carbocycles. The van der Waals surface area contributed by atoms with Crippen LogP contribution in [0.15, 0.2) is 12.3 Å². The van der Waals surface area contributed by atoms with Gasteiger partial charge in [0.1, 0.15) is 5.82 Å². The van der Waals surface area contributed by atoms with Gasteiger partial charge >= 0.3 is 0 Å². The minimum absolute atomic E-state index is 0.0768. The second kappa shape index (κ2) is 6.90. The second-order valence-corrected chi connectivity index (χ2v) is 5.37. The van der Waals surface area contributed by atoms with Crippen LogP contribution in [0, 0.1) is 0 Å². The van der Waals surface area contributed by atoms with Gasteiger partial charge in [-0.25, -0.2) is 4.98 Å². The number of carbonyl (C=O) groups excluding carboxylic acids is 1. The zero-order valence-corrected chi connectivity index (χ0v) is 12.4. The van der Waals surface area contributed by atoms with Crippen molar-refractivity contribution in [1.29, 1.82) is 0 Å². The fourth-order valence-electron chi connectivity index (χ4n) is 2.28. The van der Waals surface area contributed by atoms with E-state index in [9.17, 15) is 4.79 Å². The van der Waals surface area contributed by atoms with Gasteiger partial charge in [-0.1, -0.05) is 11.6 Å². The monoisotopic (exact) mass is 297 g/mol. The molecule has 2 rings (SSSR count). The number of pyridine rings is 1. The molecule has 0 saturated heterocycles. The molecule has 1 aromatic heterocycles. The lowest BCUT2D eigenvalue weighted by Gasteiger charge is -2.37. The number of nitrogens with zero attached hydrogens (tertiary/aromatic N) is 2. The summed E-state index contributed by atoms with van der Waals surface area (Å²) in [5.74, 6) is 0.542. The first-order valence-corrected chi connectivity index (χ1v) is 7.30. The highest BCUT2D eigenvalue weighted by Gasteiger charge is 2.30. The third kappa shape index (κ3) is 3.22. The average molecular weight is 298 g/mol. The number of carbonyl (C=O) groups is 1. The van der Waals surface area contributed by atoms with Crippen molar-refractivity contribution in [2.75, 3.05) is 25.5 Å². The number of anilines is 1. The molecule has 110 valence electrons. The first kappa shape index (κ1) is 15.1. The summed E-state index contributed by atoms with van der Waals surface area (Å²) in [6, 6.07) is 1.95. The van der Waals surface area contributed by atoms with Crippen LogP contribution in [-0.2, 0) is 0 Å². The van der Waals surface area contributed by atoms with Crippen molar-refractivity contribution in [3.8, 4) is 0 Å². The number of aliphatic hydroxyl groups is 1. The van der Waals surface area contributed by atoms with E-state index in [1.165, 1.54) is 6.20 Å². The molecule has 0 radical (unpaired) electrons. The van der Waals surface area contributed by atoms with Crippen LogP contribution in [0.4, 0.5) is 5.82 Å². The van der Waals surface area contributed by atoms with Crippen LogP contribution in [0.25, 0.3) is 0 Å². The first-order valence-electron chi connectivity index (χ1n) is 6.92. The molecule has 1 saturated carbocycles. The van der Waals surface area contributed by atoms with E-state index in [2.05, 4.69) is 10.3 Å². The summed E-state index contributed by atoms with van der Waals surface area (Å²) in [6.45, 7) is 0.649. The van der Waals surface area contributed by atoms with Crippen LogP contribution in [0.3, 0.4) is 0 Å². The van der Waals surface area contributed by atoms with Gasteiger partial charge in [0.25, 0.3) is 5.91 Å². The van der Waals surface area contributed by atoms with Gasteiger partial charge in [-0.3, -0.25) is 4.79 Å². The molecule has 0 atom stereocenters. The summed E-state index contributed by atoms with van der Waals surface area (Å²) < 4.78 is 0. The molecule has 1 fully saturated rings. The summed E-state index contributed by atoms with van der Waals surface area (Å²) >= 11 is 6.10. The van der Waals surface area contributed by atoms with Crippen LogP contribution < -0.4 is 5.32 Å². The van der Waals surface area contributed by atoms with Crippen molar-refractivity contribution >= 4 is 23.3 Å². The molecule has 2 N–H and O–H groups in total. The molecule has 6 heteroatoms. The lowest BCUT2D eigenvalue weighted by Crippen LogP contribution is -2.45. The zero-order valence-electron chi connectivity index (χ0n) is 11.6. The van der Waals surface area contributed by atoms with E-state index in [4.69, 9.17) is 16.7 Å². The molecule has 1 aliphatic rings. The zero-order chi connectivity index (χ0) is 14.5. The number of rotatable bonds is 6. The fraction of sp³-hybridized carbons (Fsp3) is 0.571. The third-order valence-corrected chi connectivity index (χ3v) is 3.98. The van der Waals surface area contributed by atoms with Gasteiger partial charge in [-0.05, 0) is 31.7 Å². The highest BCUT2D eigenvalue weighted by Crippen LogP contribution is 2.28. The molecule has 1 aliphatic carbocycles. The second-order valence-electron chi connectivity index (χ2n) is 4.96. The van der Waals surface area contributed by atoms with E-state index in [-0.39, 0.29) is 18.6 Å². The van der Waals surface area contributed by atoms with Crippen LogP contribution in [0.1, 0.15) is 36.0 Å². The predicted molar refractivity (Wildman–Crippen MR) is 79.2 cm³/mol. The van der Waals surface area contributed by atoms with Crippen molar-refractivity contribution in [3.05, 3.63) is 22.8 Å². The number of nitrogens with one attached hydrogen (secondary N) is 1. The number of halogens is 1. The third-order valence-electron chi connectivity index (χ3n) is 3.68. The van der Waals surface area contributed by atoms with Gasteiger partial charge in [0, 0.05) is 32.4 Å². The molecule has 1 aromatic rings. The Hall–Kier alpha value is -1.33. The number of aromatic nitrogens is 1. The molecule has 1 amide bonds. The fourth-order valence-corrected chi connectivity index (χ4v) is 2.47. The summed E-state index contributed by atoms with van der Waals surface area (Å²) in [5.41, 5.74) is 0.468. The van der Waals surface area contributed by atoms with Crippen molar-refractivity contribution in [1.82, 2.24) is 9.88 Å². The number of hydrogen-bond acceptors (Lipinski definition) is 4. The lowest BCUT2D eigenvalue weighted by molar-refractivity contribution is 0.0562. The van der Waals surface area contributed by atoms with Crippen LogP contribution in [-0.4, -0.2) is 47.1 Å². The van der Waals surface area contributed by atoms with E-state index >= 15 is 0 Å². The number of aliphatic hydroxyl groups excluding tert-OH is 1. The SMILES string of the molecule is CNc1cc(C(=O)N(CCCO)C2CCC2)c(Cl)cn1. The van der Waals surface area contributed by atoms with Gasteiger partial charge < -0.3 is 15.3 Å². The maximum absolute atomic E-state index is 12.7. The standard InChI is InChI=1S/C14H20ClN3O2/c1-16-13-8-11(12(15)9-17-13)14(20)18(6-3-7-19)10-4-2-5-10/h8-10,19H,2-7H2,1H3,(H,16,17). The smallest absolute Gasteiger partial charge is 0.255 e. The maximum Gasteiger partial charge on any atom is 0.255 e. The van der Waals surface area contributed by atoms with E-state index < -0.39 is 0 Å². The molecule has 5 nitrogen and oxygen atoms in total. The van der Waals surface area contributed by atoms with Crippen molar-refractivity contribution in [3.63, 3.8) is 0 Å². The van der Waals surface area contributed by atoms with Gasteiger partial charge in [0.2, 0.25) is 0 Å². The normalized spacial score (nSPS) is 14.8. The quantitative estimate of drug-likeness (QED) is 0.844. The Kier molecular flexibility index (Phi) is 5.20. The van der Waals surface area contributed by atoms with Crippen LogP contribution in [0.2, 0.25) is 5.02 Å². The molecule has 0 spiro atoms. The Labute approximate surface area is 123 Å². The van der Waals surface area contributed by atoms with E-state index in [0.29, 0.717) is 29.4 Å². The van der Waals surface area contributed by atoms with E-state index in [0.717, 1.165) is 19.3 Å².